The lowest BCUT2D eigenvalue weighted by Crippen LogP contribution is -2.42. The van der Waals surface area contributed by atoms with E-state index in [9.17, 15) is 14.4 Å². The summed E-state index contributed by atoms with van der Waals surface area (Å²) in [5.41, 5.74) is 2.89. The van der Waals surface area contributed by atoms with E-state index in [2.05, 4.69) is 10.6 Å². The van der Waals surface area contributed by atoms with Crippen LogP contribution in [0.4, 0.5) is 17.1 Å². The molecule has 0 atom stereocenters. The fourth-order valence-corrected chi connectivity index (χ4v) is 3.20. The third kappa shape index (κ3) is 3.75. The van der Waals surface area contributed by atoms with E-state index in [-0.39, 0.29) is 24.3 Å². The zero-order chi connectivity index (χ0) is 21.1. The van der Waals surface area contributed by atoms with Crippen LogP contribution in [-0.4, -0.2) is 24.3 Å². The summed E-state index contributed by atoms with van der Waals surface area (Å²) in [6.07, 6.45) is 0. The third-order valence-electron chi connectivity index (χ3n) is 4.66. The summed E-state index contributed by atoms with van der Waals surface area (Å²) in [5, 5.41) is 14.4. The number of para-hydroxylation sites is 2. The molecular formula is C23H16N4O3. The number of nitrogens with one attached hydrogen (secondary N) is 2. The molecule has 3 aromatic rings. The molecule has 0 aliphatic carbocycles. The minimum atomic E-state index is -0.354. The molecule has 0 aromatic heterocycles. The molecule has 2 N–H and O–H groups in total. The van der Waals surface area contributed by atoms with E-state index >= 15 is 0 Å². The molecule has 0 spiro atoms. The Morgan fingerprint density at radius 3 is 2.50 bits per heavy atom. The zero-order valence-electron chi connectivity index (χ0n) is 15.8. The molecule has 1 aliphatic rings. The largest absolute Gasteiger partial charge is 0.323 e. The number of rotatable bonds is 3. The Morgan fingerprint density at radius 1 is 0.967 bits per heavy atom. The fraction of sp³-hybridized carbons (Fsp3) is 0.0435. The van der Waals surface area contributed by atoms with Gasteiger partial charge in [-0.3, -0.25) is 19.3 Å². The number of hydrogen-bond donors (Lipinski definition) is 2. The third-order valence-corrected chi connectivity index (χ3v) is 4.66. The normalized spacial score (nSPS) is 12.4. The van der Waals surface area contributed by atoms with Crippen LogP contribution in [0.25, 0.3) is 0 Å². The number of carbonyl (C=O) groups is 3. The average molecular weight is 396 g/mol. The average Bonchev–Trinajstić information content (AvgIpc) is 2.78. The SMILES string of the molecule is N#Cc1cccc(C(=O)Nc2ccc(C(=O)N3CC(=O)Nc4ccccc43)cc2)c1. The minimum Gasteiger partial charge on any atom is -0.323 e. The standard InChI is InChI=1S/C23H16N4O3/c24-13-15-4-3-5-17(12-15)22(29)25-18-10-8-16(9-11-18)23(30)27-14-21(28)26-19-6-1-2-7-20(19)27/h1-12H,14H2,(H,25,29)(H,26,28). The van der Waals surface area contributed by atoms with Crippen LogP contribution >= 0.6 is 0 Å². The van der Waals surface area contributed by atoms with E-state index < -0.39 is 0 Å². The molecule has 3 aromatic carbocycles. The molecule has 0 radical (unpaired) electrons. The molecule has 146 valence electrons. The van der Waals surface area contributed by atoms with E-state index in [0.717, 1.165) is 0 Å². The Hall–Kier alpha value is -4.44. The number of amides is 3. The van der Waals surface area contributed by atoms with Crippen LogP contribution in [0, 0.1) is 11.3 Å². The molecule has 7 heteroatoms. The lowest BCUT2D eigenvalue weighted by molar-refractivity contribution is -0.115. The number of nitriles is 1. The van der Waals surface area contributed by atoms with Crippen molar-refractivity contribution < 1.29 is 14.4 Å². The van der Waals surface area contributed by atoms with Gasteiger partial charge in [0.15, 0.2) is 0 Å². The molecule has 30 heavy (non-hydrogen) atoms. The molecule has 3 amide bonds. The lowest BCUT2D eigenvalue weighted by atomic mass is 10.1. The van der Waals surface area contributed by atoms with Crippen molar-refractivity contribution in [2.75, 3.05) is 22.1 Å². The highest BCUT2D eigenvalue weighted by atomic mass is 16.2. The summed E-state index contributed by atoms with van der Waals surface area (Å²) in [6.45, 7) is -0.0659. The number of nitrogens with zero attached hydrogens (tertiary/aromatic N) is 2. The van der Waals surface area contributed by atoms with Crippen molar-refractivity contribution in [1.82, 2.24) is 0 Å². The quantitative estimate of drug-likeness (QED) is 0.708. The van der Waals surface area contributed by atoms with Gasteiger partial charge in [0.2, 0.25) is 5.91 Å². The maximum absolute atomic E-state index is 13.0. The minimum absolute atomic E-state index is 0.0659. The summed E-state index contributed by atoms with van der Waals surface area (Å²) in [6, 6.07) is 21.9. The molecule has 7 nitrogen and oxygen atoms in total. The van der Waals surface area contributed by atoms with Crippen LogP contribution in [-0.2, 0) is 4.79 Å². The van der Waals surface area contributed by atoms with Gasteiger partial charge in [-0.15, -0.1) is 0 Å². The number of benzene rings is 3. The van der Waals surface area contributed by atoms with Crippen molar-refractivity contribution in [3.8, 4) is 6.07 Å². The molecule has 0 saturated carbocycles. The van der Waals surface area contributed by atoms with Gasteiger partial charge in [0.05, 0.1) is 23.0 Å². The van der Waals surface area contributed by atoms with Gasteiger partial charge in [0, 0.05) is 16.8 Å². The highest BCUT2D eigenvalue weighted by molar-refractivity contribution is 6.15. The fourth-order valence-electron chi connectivity index (χ4n) is 3.20. The van der Waals surface area contributed by atoms with E-state index in [0.29, 0.717) is 33.8 Å². The molecule has 1 heterocycles. The van der Waals surface area contributed by atoms with Gasteiger partial charge in [-0.05, 0) is 54.6 Å². The summed E-state index contributed by atoms with van der Waals surface area (Å²) in [7, 11) is 0. The number of hydrogen-bond acceptors (Lipinski definition) is 4. The summed E-state index contributed by atoms with van der Waals surface area (Å²) < 4.78 is 0. The monoisotopic (exact) mass is 396 g/mol. The van der Waals surface area contributed by atoms with E-state index in [1.165, 1.54) is 11.0 Å². The van der Waals surface area contributed by atoms with Gasteiger partial charge in [-0.25, -0.2) is 0 Å². The predicted molar refractivity (Wildman–Crippen MR) is 112 cm³/mol. The van der Waals surface area contributed by atoms with Crippen molar-refractivity contribution in [2.24, 2.45) is 0 Å². The van der Waals surface area contributed by atoms with Gasteiger partial charge >= 0.3 is 0 Å². The van der Waals surface area contributed by atoms with E-state index in [1.54, 1.807) is 66.7 Å². The predicted octanol–water partition coefficient (Wildman–Crippen LogP) is 3.41. The van der Waals surface area contributed by atoms with Crippen molar-refractivity contribution in [3.05, 3.63) is 89.5 Å². The zero-order valence-corrected chi connectivity index (χ0v) is 15.8. The molecule has 0 unspecified atom stereocenters. The van der Waals surface area contributed by atoms with Gasteiger partial charge in [0.1, 0.15) is 6.54 Å². The Morgan fingerprint density at radius 2 is 1.73 bits per heavy atom. The van der Waals surface area contributed by atoms with Gasteiger partial charge in [0.25, 0.3) is 11.8 Å². The van der Waals surface area contributed by atoms with Crippen molar-refractivity contribution in [3.63, 3.8) is 0 Å². The first-order valence-electron chi connectivity index (χ1n) is 9.17. The van der Waals surface area contributed by atoms with Crippen molar-refractivity contribution in [2.45, 2.75) is 0 Å². The van der Waals surface area contributed by atoms with Crippen LogP contribution < -0.4 is 15.5 Å². The number of anilines is 3. The van der Waals surface area contributed by atoms with Gasteiger partial charge in [-0.2, -0.15) is 5.26 Å². The van der Waals surface area contributed by atoms with Crippen LogP contribution in [0.3, 0.4) is 0 Å². The second-order valence-corrected chi connectivity index (χ2v) is 6.68. The molecule has 0 saturated heterocycles. The first-order chi connectivity index (χ1) is 14.5. The van der Waals surface area contributed by atoms with Crippen molar-refractivity contribution in [1.29, 1.82) is 5.26 Å². The van der Waals surface area contributed by atoms with E-state index in [1.807, 2.05) is 6.07 Å². The second-order valence-electron chi connectivity index (χ2n) is 6.68. The van der Waals surface area contributed by atoms with Gasteiger partial charge in [-0.1, -0.05) is 18.2 Å². The Labute approximate surface area is 172 Å². The molecular weight excluding hydrogens is 380 g/mol. The highest BCUT2D eigenvalue weighted by Gasteiger charge is 2.27. The first-order valence-corrected chi connectivity index (χ1v) is 9.17. The lowest BCUT2D eigenvalue weighted by Gasteiger charge is -2.29. The topological polar surface area (TPSA) is 102 Å². The highest BCUT2D eigenvalue weighted by Crippen LogP contribution is 2.30. The summed E-state index contributed by atoms with van der Waals surface area (Å²) >= 11 is 0. The molecule has 4 rings (SSSR count). The van der Waals surface area contributed by atoms with Crippen LogP contribution in [0.15, 0.2) is 72.8 Å². The van der Waals surface area contributed by atoms with Crippen LogP contribution in [0.5, 0.6) is 0 Å². The maximum atomic E-state index is 13.0. The summed E-state index contributed by atoms with van der Waals surface area (Å²) in [4.78, 5) is 38.7. The maximum Gasteiger partial charge on any atom is 0.258 e. The van der Waals surface area contributed by atoms with Crippen molar-refractivity contribution >= 4 is 34.8 Å². The number of carbonyl (C=O) groups excluding carboxylic acids is 3. The Bertz CT molecular complexity index is 1200. The number of fused-ring (bicyclic) bond motifs is 1. The Kier molecular flexibility index (Phi) is 4.97. The Balaban J connectivity index is 1.51. The second kappa shape index (κ2) is 7.89. The molecule has 0 bridgehead atoms. The first kappa shape index (κ1) is 18.9. The summed E-state index contributed by atoms with van der Waals surface area (Å²) in [5.74, 6) is -0.921. The van der Waals surface area contributed by atoms with Gasteiger partial charge < -0.3 is 10.6 Å². The van der Waals surface area contributed by atoms with E-state index in [4.69, 9.17) is 5.26 Å². The smallest absolute Gasteiger partial charge is 0.258 e. The van der Waals surface area contributed by atoms with Crippen LogP contribution in [0.1, 0.15) is 26.3 Å². The molecule has 1 aliphatic heterocycles. The molecule has 0 fully saturated rings. The van der Waals surface area contributed by atoms with Crippen LogP contribution in [0.2, 0.25) is 0 Å².